The summed E-state index contributed by atoms with van der Waals surface area (Å²) in [6.07, 6.45) is 1.99. The van der Waals surface area contributed by atoms with Crippen LogP contribution in [0.25, 0.3) is 21.5 Å². The van der Waals surface area contributed by atoms with Crippen LogP contribution >= 0.6 is 11.3 Å². The highest BCUT2D eigenvalue weighted by molar-refractivity contribution is 7.18. The number of pyridine rings is 1. The van der Waals surface area contributed by atoms with Crippen LogP contribution in [0.5, 0.6) is 0 Å². The molecule has 118 valence electrons. The van der Waals surface area contributed by atoms with Crippen LogP contribution in [-0.4, -0.2) is 41.2 Å². The Kier molecular flexibility index (Phi) is 4.08. The van der Waals surface area contributed by atoms with E-state index >= 15 is 0 Å². The summed E-state index contributed by atoms with van der Waals surface area (Å²) >= 11 is 1.73. The first-order valence-corrected chi connectivity index (χ1v) is 8.72. The summed E-state index contributed by atoms with van der Waals surface area (Å²) in [5.41, 5.74) is 4.44. The number of morpholine rings is 1. The predicted octanol–water partition coefficient (Wildman–Crippen LogP) is 3.50. The number of fused-ring (bicyclic) bond motifs is 1. The lowest BCUT2D eigenvalue weighted by molar-refractivity contribution is 0.0341. The Morgan fingerprint density at radius 2 is 2.04 bits per heavy atom. The van der Waals surface area contributed by atoms with E-state index in [4.69, 9.17) is 4.74 Å². The Hall–Kier alpha value is -1.82. The van der Waals surface area contributed by atoms with E-state index < -0.39 is 0 Å². The molecule has 0 unspecified atom stereocenters. The average Bonchev–Trinajstić information content (AvgIpc) is 2.95. The minimum Gasteiger partial charge on any atom is -0.379 e. The van der Waals surface area contributed by atoms with E-state index in [1.807, 2.05) is 13.1 Å². The molecule has 1 fully saturated rings. The number of ether oxygens (including phenoxy) is 1. The number of benzene rings is 1. The Labute approximate surface area is 139 Å². The van der Waals surface area contributed by atoms with E-state index in [2.05, 4.69) is 45.2 Å². The summed E-state index contributed by atoms with van der Waals surface area (Å²) in [7, 11) is 0. The number of rotatable bonds is 3. The Morgan fingerprint density at radius 1 is 1.17 bits per heavy atom. The van der Waals surface area contributed by atoms with E-state index in [1.165, 1.54) is 10.3 Å². The molecule has 4 nitrogen and oxygen atoms in total. The zero-order valence-electron chi connectivity index (χ0n) is 13.2. The third-order valence-corrected chi connectivity index (χ3v) is 5.08. The van der Waals surface area contributed by atoms with E-state index in [1.54, 1.807) is 11.3 Å². The van der Waals surface area contributed by atoms with Gasteiger partial charge in [-0.1, -0.05) is 12.1 Å². The molecule has 3 aromatic rings. The van der Waals surface area contributed by atoms with Gasteiger partial charge in [-0.05, 0) is 30.7 Å². The maximum atomic E-state index is 5.39. The van der Waals surface area contributed by atoms with Crippen molar-refractivity contribution in [1.82, 2.24) is 14.9 Å². The lowest BCUT2D eigenvalue weighted by Gasteiger charge is -2.26. The van der Waals surface area contributed by atoms with Gasteiger partial charge in [-0.3, -0.25) is 9.88 Å². The lowest BCUT2D eigenvalue weighted by Crippen LogP contribution is -2.35. The monoisotopic (exact) mass is 325 g/mol. The number of hydrogen-bond donors (Lipinski definition) is 0. The number of aryl methyl sites for hydroxylation is 1. The fraction of sp³-hybridized carbons (Fsp3) is 0.333. The molecule has 5 heteroatoms. The van der Waals surface area contributed by atoms with Gasteiger partial charge in [0.25, 0.3) is 0 Å². The molecule has 1 aliphatic heterocycles. The van der Waals surface area contributed by atoms with Crippen molar-refractivity contribution in [2.24, 2.45) is 0 Å². The van der Waals surface area contributed by atoms with Gasteiger partial charge in [-0.15, -0.1) is 11.3 Å². The Balaban J connectivity index is 1.53. The van der Waals surface area contributed by atoms with Crippen LogP contribution in [0, 0.1) is 6.92 Å². The largest absolute Gasteiger partial charge is 0.379 e. The van der Waals surface area contributed by atoms with Gasteiger partial charge in [0.15, 0.2) is 0 Å². The smallest absolute Gasteiger partial charge is 0.0907 e. The molecule has 0 radical (unpaired) electrons. The molecular weight excluding hydrogens is 306 g/mol. The first-order chi connectivity index (χ1) is 11.3. The molecular formula is C18H19N3OS. The van der Waals surface area contributed by atoms with Crippen molar-refractivity contribution in [3.05, 3.63) is 47.1 Å². The molecule has 0 amide bonds. The van der Waals surface area contributed by atoms with Gasteiger partial charge >= 0.3 is 0 Å². The average molecular weight is 325 g/mol. The SMILES string of the molecule is Cc1nc2cc(-c3ccc(CN4CCOCC4)cn3)ccc2s1. The molecule has 4 rings (SSSR count). The zero-order chi connectivity index (χ0) is 15.6. The van der Waals surface area contributed by atoms with E-state index in [9.17, 15) is 0 Å². The van der Waals surface area contributed by atoms with Gasteiger partial charge in [0.2, 0.25) is 0 Å². The number of hydrogen-bond acceptors (Lipinski definition) is 5. The summed E-state index contributed by atoms with van der Waals surface area (Å²) in [6.45, 7) is 6.66. The molecule has 0 N–H and O–H groups in total. The van der Waals surface area contributed by atoms with Crippen LogP contribution in [0.15, 0.2) is 36.5 Å². The van der Waals surface area contributed by atoms with E-state index in [0.717, 1.165) is 54.6 Å². The van der Waals surface area contributed by atoms with Crippen LogP contribution in [0.4, 0.5) is 0 Å². The summed E-state index contributed by atoms with van der Waals surface area (Å²) in [5.74, 6) is 0. The molecule has 2 aromatic heterocycles. The lowest BCUT2D eigenvalue weighted by atomic mass is 10.1. The summed E-state index contributed by atoms with van der Waals surface area (Å²) < 4.78 is 6.62. The van der Waals surface area contributed by atoms with E-state index in [0.29, 0.717) is 0 Å². The molecule has 0 atom stereocenters. The normalized spacial score (nSPS) is 16.0. The molecule has 0 saturated carbocycles. The molecule has 3 heterocycles. The van der Waals surface area contributed by atoms with Crippen molar-refractivity contribution in [3.8, 4) is 11.3 Å². The van der Waals surface area contributed by atoms with Gasteiger partial charge in [0.1, 0.15) is 0 Å². The molecule has 1 aromatic carbocycles. The van der Waals surface area contributed by atoms with Crippen molar-refractivity contribution >= 4 is 21.6 Å². The molecule has 0 bridgehead atoms. The summed E-state index contributed by atoms with van der Waals surface area (Å²) in [6, 6.07) is 10.7. The molecule has 0 aliphatic carbocycles. The first kappa shape index (κ1) is 14.8. The summed E-state index contributed by atoms with van der Waals surface area (Å²) in [4.78, 5) is 11.6. The van der Waals surface area contributed by atoms with Gasteiger partial charge in [-0.25, -0.2) is 4.98 Å². The van der Waals surface area contributed by atoms with Crippen LogP contribution in [0.2, 0.25) is 0 Å². The van der Waals surface area contributed by atoms with Crippen molar-refractivity contribution < 1.29 is 4.74 Å². The molecule has 23 heavy (non-hydrogen) atoms. The van der Waals surface area contributed by atoms with E-state index in [-0.39, 0.29) is 0 Å². The Bertz CT molecular complexity index is 807. The number of thiazole rings is 1. The third-order valence-electron chi connectivity index (χ3n) is 4.12. The topological polar surface area (TPSA) is 38.2 Å². The van der Waals surface area contributed by atoms with Crippen molar-refractivity contribution in [2.45, 2.75) is 13.5 Å². The highest BCUT2D eigenvalue weighted by atomic mass is 32.1. The highest BCUT2D eigenvalue weighted by Crippen LogP contribution is 2.26. The van der Waals surface area contributed by atoms with Gasteiger partial charge in [0, 0.05) is 31.4 Å². The fourth-order valence-corrected chi connectivity index (χ4v) is 3.72. The van der Waals surface area contributed by atoms with Crippen molar-refractivity contribution in [3.63, 3.8) is 0 Å². The second kappa shape index (κ2) is 6.35. The third kappa shape index (κ3) is 3.27. The van der Waals surface area contributed by atoms with Gasteiger partial charge in [-0.2, -0.15) is 0 Å². The van der Waals surface area contributed by atoms with Crippen molar-refractivity contribution in [2.75, 3.05) is 26.3 Å². The van der Waals surface area contributed by atoms with Gasteiger partial charge in [0.05, 0.1) is 34.1 Å². The summed E-state index contributed by atoms with van der Waals surface area (Å²) in [5, 5.41) is 1.10. The highest BCUT2D eigenvalue weighted by Gasteiger charge is 2.11. The number of nitrogens with zero attached hydrogens (tertiary/aromatic N) is 3. The van der Waals surface area contributed by atoms with Crippen LogP contribution in [0.1, 0.15) is 10.6 Å². The minimum absolute atomic E-state index is 0.832. The zero-order valence-corrected chi connectivity index (χ0v) is 14.0. The van der Waals surface area contributed by atoms with Crippen molar-refractivity contribution in [1.29, 1.82) is 0 Å². The van der Waals surface area contributed by atoms with Crippen LogP contribution < -0.4 is 0 Å². The fourth-order valence-electron chi connectivity index (χ4n) is 2.91. The predicted molar refractivity (Wildman–Crippen MR) is 93.7 cm³/mol. The van der Waals surface area contributed by atoms with Crippen LogP contribution in [-0.2, 0) is 11.3 Å². The van der Waals surface area contributed by atoms with Crippen LogP contribution in [0.3, 0.4) is 0 Å². The second-order valence-corrected chi connectivity index (χ2v) is 7.09. The molecule has 1 aliphatic rings. The maximum Gasteiger partial charge on any atom is 0.0907 e. The maximum absolute atomic E-state index is 5.39. The Morgan fingerprint density at radius 3 is 2.83 bits per heavy atom. The quantitative estimate of drug-likeness (QED) is 0.739. The van der Waals surface area contributed by atoms with Gasteiger partial charge < -0.3 is 4.74 Å². The molecule has 0 spiro atoms. The minimum atomic E-state index is 0.832. The molecule has 1 saturated heterocycles. The first-order valence-electron chi connectivity index (χ1n) is 7.90. The number of aromatic nitrogens is 2. The standard InChI is InChI=1S/C18H19N3OS/c1-13-20-17-10-15(3-5-18(17)23-13)16-4-2-14(11-19-16)12-21-6-8-22-9-7-21/h2-5,10-11H,6-9,12H2,1H3. The second-order valence-electron chi connectivity index (χ2n) is 5.86.